The fourth-order valence-corrected chi connectivity index (χ4v) is 2.91. The predicted octanol–water partition coefficient (Wildman–Crippen LogP) is 4.96. The molecule has 0 spiro atoms. The van der Waals surface area contributed by atoms with Crippen molar-refractivity contribution in [2.45, 2.75) is 9.79 Å². The van der Waals surface area contributed by atoms with Crippen molar-refractivity contribution in [2.75, 3.05) is 0 Å². The van der Waals surface area contributed by atoms with E-state index >= 15 is 0 Å². The standard InChI is InChI=1S/C13H8Cl2OS/c14-9-3-1-4-10(7-9)17-13-6-2-5-12(15)11(13)8-16/h1-8H. The van der Waals surface area contributed by atoms with Gasteiger partial charge in [-0.3, -0.25) is 4.79 Å². The third-order valence-electron chi connectivity index (χ3n) is 2.15. The zero-order valence-electron chi connectivity index (χ0n) is 8.69. The number of aldehydes is 1. The van der Waals surface area contributed by atoms with Gasteiger partial charge in [-0.05, 0) is 30.3 Å². The monoisotopic (exact) mass is 282 g/mol. The molecule has 0 bridgehead atoms. The van der Waals surface area contributed by atoms with E-state index in [1.807, 2.05) is 36.4 Å². The van der Waals surface area contributed by atoms with Crippen LogP contribution in [0.1, 0.15) is 10.4 Å². The Kier molecular flexibility index (Phi) is 4.11. The van der Waals surface area contributed by atoms with Crippen molar-refractivity contribution in [3.8, 4) is 0 Å². The summed E-state index contributed by atoms with van der Waals surface area (Å²) in [5.41, 5.74) is 0.513. The smallest absolute Gasteiger partial charge is 0.152 e. The second-order valence-corrected chi connectivity index (χ2v) is 5.29. The first-order valence-electron chi connectivity index (χ1n) is 4.88. The first kappa shape index (κ1) is 12.5. The van der Waals surface area contributed by atoms with Gasteiger partial charge in [-0.1, -0.05) is 47.1 Å². The molecule has 86 valence electrons. The average Bonchev–Trinajstić information content (AvgIpc) is 2.29. The lowest BCUT2D eigenvalue weighted by Gasteiger charge is -2.06. The van der Waals surface area contributed by atoms with Crippen LogP contribution in [-0.4, -0.2) is 6.29 Å². The summed E-state index contributed by atoms with van der Waals surface area (Å²) >= 11 is 13.3. The fraction of sp³-hybridized carbons (Fsp3) is 0. The quantitative estimate of drug-likeness (QED) is 0.741. The number of rotatable bonds is 3. The minimum atomic E-state index is 0.465. The summed E-state index contributed by atoms with van der Waals surface area (Å²) < 4.78 is 0. The van der Waals surface area contributed by atoms with Gasteiger partial charge in [0.25, 0.3) is 0 Å². The van der Waals surface area contributed by atoms with Crippen molar-refractivity contribution in [1.29, 1.82) is 0 Å². The minimum Gasteiger partial charge on any atom is -0.298 e. The van der Waals surface area contributed by atoms with Crippen molar-refractivity contribution in [3.05, 3.63) is 58.1 Å². The van der Waals surface area contributed by atoms with E-state index in [0.29, 0.717) is 15.6 Å². The van der Waals surface area contributed by atoms with E-state index in [-0.39, 0.29) is 0 Å². The number of carbonyl (C=O) groups is 1. The van der Waals surface area contributed by atoms with Gasteiger partial charge in [0, 0.05) is 20.4 Å². The lowest BCUT2D eigenvalue weighted by Crippen LogP contribution is -1.86. The number of hydrogen-bond donors (Lipinski definition) is 0. The fourth-order valence-electron chi connectivity index (χ4n) is 1.38. The third-order valence-corrected chi connectivity index (χ3v) is 3.78. The molecule has 4 heteroatoms. The Morgan fingerprint density at radius 1 is 1.06 bits per heavy atom. The van der Waals surface area contributed by atoms with Crippen molar-refractivity contribution < 1.29 is 4.79 Å². The Morgan fingerprint density at radius 3 is 2.53 bits per heavy atom. The summed E-state index contributed by atoms with van der Waals surface area (Å²) in [6, 6.07) is 12.9. The van der Waals surface area contributed by atoms with Crippen LogP contribution >= 0.6 is 35.0 Å². The first-order valence-corrected chi connectivity index (χ1v) is 6.45. The number of halogens is 2. The van der Waals surface area contributed by atoms with Gasteiger partial charge in [0.2, 0.25) is 0 Å². The molecule has 0 aliphatic heterocycles. The number of carbonyl (C=O) groups excluding carboxylic acids is 1. The van der Waals surface area contributed by atoms with Crippen LogP contribution < -0.4 is 0 Å². The van der Waals surface area contributed by atoms with Gasteiger partial charge in [-0.2, -0.15) is 0 Å². The summed E-state index contributed by atoms with van der Waals surface area (Å²) in [5, 5.41) is 1.14. The summed E-state index contributed by atoms with van der Waals surface area (Å²) in [5.74, 6) is 0. The van der Waals surface area contributed by atoms with Crippen molar-refractivity contribution in [3.63, 3.8) is 0 Å². The van der Waals surface area contributed by atoms with Gasteiger partial charge >= 0.3 is 0 Å². The van der Waals surface area contributed by atoms with E-state index in [0.717, 1.165) is 16.1 Å². The van der Waals surface area contributed by atoms with E-state index in [2.05, 4.69) is 0 Å². The van der Waals surface area contributed by atoms with Gasteiger partial charge in [0.05, 0.1) is 5.02 Å². The highest BCUT2D eigenvalue weighted by atomic mass is 35.5. The van der Waals surface area contributed by atoms with Gasteiger partial charge in [0.1, 0.15) is 0 Å². The van der Waals surface area contributed by atoms with E-state index in [9.17, 15) is 4.79 Å². The molecule has 0 atom stereocenters. The Bertz CT molecular complexity index is 555. The van der Waals surface area contributed by atoms with Crippen LogP contribution in [0.4, 0.5) is 0 Å². The second-order valence-electron chi connectivity index (χ2n) is 3.33. The van der Waals surface area contributed by atoms with E-state index in [4.69, 9.17) is 23.2 Å². The molecule has 0 saturated heterocycles. The van der Waals surface area contributed by atoms with Gasteiger partial charge < -0.3 is 0 Å². The van der Waals surface area contributed by atoms with Crippen molar-refractivity contribution in [1.82, 2.24) is 0 Å². The minimum absolute atomic E-state index is 0.465. The maximum Gasteiger partial charge on any atom is 0.152 e. The molecule has 0 unspecified atom stereocenters. The maximum atomic E-state index is 11.0. The third kappa shape index (κ3) is 3.03. The summed E-state index contributed by atoms with van der Waals surface area (Å²) in [4.78, 5) is 12.8. The number of benzene rings is 2. The van der Waals surface area contributed by atoms with Crippen LogP contribution in [0.15, 0.2) is 52.3 Å². The molecule has 0 saturated carbocycles. The molecule has 0 aliphatic carbocycles. The highest BCUT2D eigenvalue weighted by Crippen LogP contribution is 2.33. The lowest BCUT2D eigenvalue weighted by atomic mass is 10.2. The SMILES string of the molecule is O=Cc1c(Cl)cccc1Sc1cccc(Cl)c1. The zero-order valence-corrected chi connectivity index (χ0v) is 11.0. The van der Waals surface area contributed by atoms with Crippen LogP contribution in [0.2, 0.25) is 10.0 Å². The molecule has 0 fully saturated rings. The Labute approximate surface area is 114 Å². The molecular weight excluding hydrogens is 275 g/mol. The molecule has 0 aromatic heterocycles. The zero-order chi connectivity index (χ0) is 12.3. The molecule has 17 heavy (non-hydrogen) atoms. The molecule has 0 heterocycles. The topological polar surface area (TPSA) is 17.1 Å². The van der Waals surface area contributed by atoms with Crippen LogP contribution in [0, 0.1) is 0 Å². The predicted molar refractivity (Wildman–Crippen MR) is 72.4 cm³/mol. The van der Waals surface area contributed by atoms with E-state index in [1.165, 1.54) is 11.8 Å². The summed E-state index contributed by atoms with van der Waals surface area (Å²) in [7, 11) is 0. The van der Waals surface area contributed by atoms with Gasteiger partial charge in [-0.25, -0.2) is 0 Å². The molecule has 0 amide bonds. The van der Waals surface area contributed by atoms with Crippen LogP contribution in [0.25, 0.3) is 0 Å². The molecular formula is C13H8Cl2OS. The van der Waals surface area contributed by atoms with Gasteiger partial charge in [0.15, 0.2) is 6.29 Å². The molecule has 0 aliphatic rings. The Morgan fingerprint density at radius 2 is 1.82 bits per heavy atom. The Hall–Kier alpha value is -0.960. The molecule has 0 radical (unpaired) electrons. The van der Waals surface area contributed by atoms with Crippen LogP contribution in [0.3, 0.4) is 0 Å². The van der Waals surface area contributed by atoms with E-state index in [1.54, 1.807) is 6.07 Å². The average molecular weight is 283 g/mol. The van der Waals surface area contributed by atoms with E-state index < -0.39 is 0 Å². The Balaban J connectivity index is 2.36. The van der Waals surface area contributed by atoms with Crippen LogP contribution in [0.5, 0.6) is 0 Å². The molecule has 0 N–H and O–H groups in total. The van der Waals surface area contributed by atoms with Gasteiger partial charge in [-0.15, -0.1) is 0 Å². The largest absolute Gasteiger partial charge is 0.298 e. The molecule has 2 aromatic carbocycles. The van der Waals surface area contributed by atoms with Crippen LogP contribution in [-0.2, 0) is 0 Å². The molecule has 2 rings (SSSR count). The second kappa shape index (κ2) is 5.58. The number of hydrogen-bond acceptors (Lipinski definition) is 2. The normalized spacial score (nSPS) is 10.2. The summed E-state index contributed by atoms with van der Waals surface area (Å²) in [6.45, 7) is 0. The van der Waals surface area contributed by atoms with Crippen molar-refractivity contribution >= 4 is 41.2 Å². The maximum absolute atomic E-state index is 11.0. The highest BCUT2D eigenvalue weighted by Gasteiger charge is 2.07. The summed E-state index contributed by atoms with van der Waals surface area (Å²) in [6.07, 6.45) is 0.773. The molecule has 2 aromatic rings. The molecule has 1 nitrogen and oxygen atoms in total. The lowest BCUT2D eigenvalue weighted by molar-refractivity contribution is 0.112. The highest BCUT2D eigenvalue weighted by molar-refractivity contribution is 7.99. The first-order chi connectivity index (χ1) is 8.20. The van der Waals surface area contributed by atoms with Crippen molar-refractivity contribution in [2.24, 2.45) is 0 Å².